The monoisotopic (exact) mass is 280 g/mol. The lowest BCUT2D eigenvalue weighted by Gasteiger charge is -2.12. The number of carbonyl (C=O) groups excluding carboxylic acids is 1. The van der Waals surface area contributed by atoms with E-state index in [1.54, 1.807) is 6.92 Å². The Kier molecular flexibility index (Phi) is 5.42. The van der Waals surface area contributed by atoms with Crippen LogP contribution in [0.2, 0.25) is 0 Å². The fraction of sp³-hybridized carbons (Fsp3) is 0.167. The number of hydrogen-bond donors (Lipinski definition) is 0. The first-order valence-electron chi connectivity index (χ1n) is 6.74. The Labute approximate surface area is 124 Å². The zero-order chi connectivity index (χ0) is 14.9. The summed E-state index contributed by atoms with van der Waals surface area (Å²) >= 11 is 0. The van der Waals surface area contributed by atoms with Gasteiger partial charge in [-0.1, -0.05) is 54.5 Å². The van der Waals surface area contributed by atoms with Gasteiger partial charge in [-0.15, -0.1) is 0 Å². The van der Waals surface area contributed by atoms with Gasteiger partial charge in [-0.2, -0.15) is 0 Å². The Hall–Kier alpha value is -2.73. The topological polar surface area (TPSA) is 35.5 Å². The average Bonchev–Trinajstić information content (AvgIpc) is 2.53. The zero-order valence-electron chi connectivity index (χ0n) is 11.8. The van der Waals surface area contributed by atoms with E-state index in [1.807, 2.05) is 60.7 Å². The summed E-state index contributed by atoms with van der Waals surface area (Å²) < 4.78 is 10.1. The molecule has 0 aliphatic rings. The van der Waals surface area contributed by atoms with Crippen LogP contribution >= 0.6 is 0 Å². The third kappa shape index (κ3) is 4.70. The highest BCUT2D eigenvalue weighted by atomic mass is 16.7. The van der Waals surface area contributed by atoms with Crippen molar-refractivity contribution in [3.63, 3.8) is 0 Å². The molecular formula is C18H16O3. The minimum Gasteiger partial charge on any atom is -0.435 e. The van der Waals surface area contributed by atoms with E-state index in [0.29, 0.717) is 0 Å². The molecule has 106 valence electrons. The summed E-state index contributed by atoms with van der Waals surface area (Å²) in [5.74, 6) is 5.98. The van der Waals surface area contributed by atoms with Crippen molar-refractivity contribution in [1.82, 2.24) is 0 Å². The summed E-state index contributed by atoms with van der Waals surface area (Å²) in [6.07, 6.45) is -1.36. The average molecular weight is 280 g/mol. The smallest absolute Gasteiger partial charge is 0.435 e. The first-order valence-corrected chi connectivity index (χ1v) is 6.74. The molecule has 2 rings (SSSR count). The lowest BCUT2D eigenvalue weighted by Crippen LogP contribution is -2.11. The maximum atomic E-state index is 11.5. The predicted molar refractivity (Wildman–Crippen MR) is 80.6 cm³/mol. The molecule has 3 heteroatoms. The number of rotatable bonds is 3. The SMILES string of the molecule is CCOC(=O)OC(C#Cc1ccccc1)c1ccccc1. The van der Waals surface area contributed by atoms with Crippen molar-refractivity contribution >= 4 is 6.16 Å². The van der Waals surface area contributed by atoms with Crippen LogP contribution in [-0.2, 0) is 9.47 Å². The maximum Gasteiger partial charge on any atom is 0.509 e. The van der Waals surface area contributed by atoms with E-state index in [2.05, 4.69) is 11.8 Å². The Morgan fingerprint density at radius 3 is 2.29 bits per heavy atom. The fourth-order valence-corrected chi connectivity index (χ4v) is 1.73. The minimum atomic E-state index is -0.714. The summed E-state index contributed by atoms with van der Waals surface area (Å²) in [5.41, 5.74) is 1.68. The van der Waals surface area contributed by atoms with Gasteiger partial charge in [-0.3, -0.25) is 0 Å². The Morgan fingerprint density at radius 2 is 1.67 bits per heavy atom. The van der Waals surface area contributed by atoms with Gasteiger partial charge in [0.15, 0.2) is 6.10 Å². The lowest BCUT2D eigenvalue weighted by atomic mass is 10.1. The van der Waals surface area contributed by atoms with E-state index in [0.717, 1.165) is 11.1 Å². The molecule has 0 bridgehead atoms. The highest BCUT2D eigenvalue weighted by Gasteiger charge is 2.14. The first kappa shape index (κ1) is 14.7. The normalized spacial score (nSPS) is 10.9. The van der Waals surface area contributed by atoms with E-state index in [9.17, 15) is 4.79 Å². The minimum absolute atomic E-state index is 0.270. The van der Waals surface area contributed by atoms with Crippen molar-refractivity contribution in [2.75, 3.05) is 6.61 Å². The molecule has 1 atom stereocenters. The van der Waals surface area contributed by atoms with E-state index in [1.165, 1.54) is 0 Å². The Balaban J connectivity index is 2.20. The molecular weight excluding hydrogens is 264 g/mol. The highest BCUT2D eigenvalue weighted by molar-refractivity contribution is 5.61. The largest absolute Gasteiger partial charge is 0.509 e. The molecule has 0 saturated carbocycles. The summed E-state index contributed by atoms with van der Waals surface area (Å²) in [4.78, 5) is 11.5. The molecule has 0 saturated heterocycles. The van der Waals surface area contributed by atoms with Gasteiger partial charge in [0.25, 0.3) is 0 Å². The third-order valence-electron chi connectivity index (χ3n) is 2.70. The molecule has 0 spiro atoms. The van der Waals surface area contributed by atoms with Crippen LogP contribution in [0.5, 0.6) is 0 Å². The molecule has 21 heavy (non-hydrogen) atoms. The van der Waals surface area contributed by atoms with Gasteiger partial charge in [0.2, 0.25) is 0 Å². The molecule has 1 unspecified atom stereocenters. The zero-order valence-corrected chi connectivity index (χ0v) is 11.8. The standard InChI is InChI=1S/C18H16O3/c1-2-20-18(19)21-17(16-11-7-4-8-12-16)14-13-15-9-5-3-6-10-15/h3-12,17H,2H2,1H3. The molecule has 0 radical (unpaired) electrons. The quantitative estimate of drug-likeness (QED) is 0.630. The third-order valence-corrected chi connectivity index (χ3v) is 2.70. The van der Waals surface area contributed by atoms with Gasteiger partial charge in [0, 0.05) is 11.1 Å². The molecule has 0 aliphatic heterocycles. The van der Waals surface area contributed by atoms with E-state index in [-0.39, 0.29) is 6.61 Å². The van der Waals surface area contributed by atoms with Gasteiger partial charge in [-0.25, -0.2) is 4.79 Å². The van der Waals surface area contributed by atoms with Crippen molar-refractivity contribution in [3.8, 4) is 11.8 Å². The molecule has 0 aromatic heterocycles. The van der Waals surface area contributed by atoms with Crippen molar-refractivity contribution in [2.45, 2.75) is 13.0 Å². The van der Waals surface area contributed by atoms with E-state index < -0.39 is 12.3 Å². The van der Waals surface area contributed by atoms with Crippen LogP contribution in [-0.4, -0.2) is 12.8 Å². The van der Waals surface area contributed by atoms with Crippen LogP contribution in [0.3, 0.4) is 0 Å². The number of benzene rings is 2. The summed E-state index contributed by atoms with van der Waals surface area (Å²) in [6.45, 7) is 2.00. The first-order chi connectivity index (χ1) is 10.3. The van der Waals surface area contributed by atoms with E-state index in [4.69, 9.17) is 9.47 Å². The van der Waals surface area contributed by atoms with Gasteiger partial charge in [-0.05, 0) is 25.0 Å². The van der Waals surface area contributed by atoms with Gasteiger partial charge < -0.3 is 9.47 Å². The predicted octanol–water partition coefficient (Wildman–Crippen LogP) is 3.95. The molecule has 2 aromatic rings. The molecule has 0 aliphatic carbocycles. The second kappa shape index (κ2) is 7.76. The number of ether oxygens (including phenoxy) is 2. The second-order valence-corrected chi connectivity index (χ2v) is 4.23. The van der Waals surface area contributed by atoms with Crippen LogP contribution in [0.25, 0.3) is 0 Å². The van der Waals surface area contributed by atoms with Crippen LogP contribution in [0.15, 0.2) is 60.7 Å². The van der Waals surface area contributed by atoms with Crippen LogP contribution < -0.4 is 0 Å². The van der Waals surface area contributed by atoms with Crippen LogP contribution in [0.1, 0.15) is 24.2 Å². The molecule has 0 N–H and O–H groups in total. The van der Waals surface area contributed by atoms with Gasteiger partial charge >= 0.3 is 6.16 Å². The second-order valence-electron chi connectivity index (χ2n) is 4.23. The highest BCUT2D eigenvalue weighted by Crippen LogP contribution is 2.17. The summed E-state index contributed by atoms with van der Waals surface area (Å²) in [6, 6.07) is 18.9. The Bertz CT molecular complexity index is 624. The fourth-order valence-electron chi connectivity index (χ4n) is 1.73. The summed E-state index contributed by atoms with van der Waals surface area (Å²) in [7, 11) is 0. The van der Waals surface area contributed by atoms with E-state index >= 15 is 0 Å². The molecule has 0 amide bonds. The van der Waals surface area contributed by atoms with Crippen molar-refractivity contribution in [1.29, 1.82) is 0 Å². The van der Waals surface area contributed by atoms with Gasteiger partial charge in [0.05, 0.1) is 6.61 Å². The van der Waals surface area contributed by atoms with Crippen LogP contribution in [0.4, 0.5) is 4.79 Å². The molecule has 0 heterocycles. The molecule has 2 aromatic carbocycles. The van der Waals surface area contributed by atoms with Gasteiger partial charge in [0.1, 0.15) is 0 Å². The molecule has 3 nitrogen and oxygen atoms in total. The lowest BCUT2D eigenvalue weighted by molar-refractivity contribution is 0.0427. The van der Waals surface area contributed by atoms with Crippen LogP contribution in [0, 0.1) is 11.8 Å². The number of carbonyl (C=O) groups is 1. The Morgan fingerprint density at radius 1 is 1.05 bits per heavy atom. The number of hydrogen-bond acceptors (Lipinski definition) is 3. The maximum absolute atomic E-state index is 11.5. The van der Waals surface area contributed by atoms with Crippen molar-refractivity contribution in [2.24, 2.45) is 0 Å². The summed E-state index contributed by atoms with van der Waals surface area (Å²) in [5, 5.41) is 0. The van der Waals surface area contributed by atoms with Crippen molar-refractivity contribution < 1.29 is 14.3 Å². The molecule has 0 fully saturated rings. The van der Waals surface area contributed by atoms with Crippen molar-refractivity contribution in [3.05, 3.63) is 71.8 Å².